The summed E-state index contributed by atoms with van der Waals surface area (Å²) >= 11 is 0. The van der Waals surface area contributed by atoms with Gasteiger partial charge in [0.2, 0.25) is 0 Å². The number of hydrogen-bond donors (Lipinski definition) is 1. The maximum Gasteiger partial charge on any atom is 0.193 e. The number of unbranched alkanes of at least 4 members (excludes halogenated alkanes) is 1. The van der Waals surface area contributed by atoms with Crippen LogP contribution in [0.1, 0.15) is 18.4 Å². The Morgan fingerprint density at radius 3 is 2.33 bits per heavy atom. The largest absolute Gasteiger partial charge is 0.493 e. The van der Waals surface area contributed by atoms with Crippen molar-refractivity contribution < 1.29 is 9.47 Å². The fraction of sp³-hybridized carbons (Fsp3) is 0.458. The molecule has 0 spiro atoms. The van der Waals surface area contributed by atoms with E-state index in [1.54, 1.807) is 14.2 Å². The number of nitrogens with one attached hydrogen (secondary N) is 1. The van der Waals surface area contributed by atoms with Gasteiger partial charge in [-0.15, -0.1) is 0 Å². The number of ether oxygens (including phenoxy) is 2. The molecule has 164 valence electrons. The third-order valence-corrected chi connectivity index (χ3v) is 5.16. The molecular formula is C24H36N4O2. The minimum absolute atomic E-state index is 0.755. The lowest BCUT2D eigenvalue weighted by molar-refractivity contribution is 0.354. The van der Waals surface area contributed by atoms with E-state index in [1.807, 2.05) is 19.2 Å². The lowest BCUT2D eigenvalue weighted by atomic mass is 10.1. The van der Waals surface area contributed by atoms with E-state index < -0.39 is 0 Å². The highest BCUT2D eigenvalue weighted by molar-refractivity contribution is 5.79. The van der Waals surface area contributed by atoms with E-state index in [0.717, 1.165) is 56.4 Å². The van der Waals surface area contributed by atoms with Gasteiger partial charge in [0.25, 0.3) is 0 Å². The second kappa shape index (κ2) is 12.6. The van der Waals surface area contributed by atoms with E-state index >= 15 is 0 Å². The first kappa shape index (κ1) is 23.4. The predicted molar refractivity (Wildman–Crippen MR) is 126 cm³/mol. The van der Waals surface area contributed by atoms with E-state index in [4.69, 9.17) is 9.47 Å². The summed E-state index contributed by atoms with van der Waals surface area (Å²) in [5.41, 5.74) is 2.47. The average Bonchev–Trinajstić information content (AvgIpc) is 2.79. The van der Waals surface area contributed by atoms with E-state index in [-0.39, 0.29) is 0 Å². The van der Waals surface area contributed by atoms with Gasteiger partial charge in [0.05, 0.1) is 14.2 Å². The Balaban J connectivity index is 1.71. The number of aliphatic imine (C=N–C) groups is 1. The van der Waals surface area contributed by atoms with Crippen LogP contribution in [-0.4, -0.2) is 65.9 Å². The van der Waals surface area contributed by atoms with Crippen LogP contribution in [0.4, 0.5) is 5.69 Å². The van der Waals surface area contributed by atoms with Crippen molar-refractivity contribution in [3.05, 3.63) is 54.1 Å². The fourth-order valence-electron chi connectivity index (χ4n) is 3.31. The van der Waals surface area contributed by atoms with E-state index in [2.05, 4.69) is 70.6 Å². The Morgan fingerprint density at radius 2 is 1.67 bits per heavy atom. The van der Waals surface area contributed by atoms with Crippen LogP contribution in [0.5, 0.6) is 11.5 Å². The topological polar surface area (TPSA) is 49.3 Å². The fourth-order valence-corrected chi connectivity index (χ4v) is 3.31. The van der Waals surface area contributed by atoms with Crippen molar-refractivity contribution in [2.75, 3.05) is 59.9 Å². The van der Waals surface area contributed by atoms with E-state index in [1.165, 1.54) is 11.3 Å². The molecule has 0 aliphatic carbocycles. The van der Waals surface area contributed by atoms with Crippen molar-refractivity contribution in [1.29, 1.82) is 0 Å². The van der Waals surface area contributed by atoms with E-state index in [0.29, 0.717) is 0 Å². The summed E-state index contributed by atoms with van der Waals surface area (Å²) in [6.45, 7) is 2.82. The smallest absolute Gasteiger partial charge is 0.193 e. The lowest BCUT2D eigenvalue weighted by Gasteiger charge is -2.23. The van der Waals surface area contributed by atoms with Gasteiger partial charge < -0.3 is 24.6 Å². The Morgan fingerprint density at radius 1 is 0.933 bits per heavy atom. The molecular weight excluding hydrogens is 376 g/mol. The third kappa shape index (κ3) is 7.17. The molecule has 6 heteroatoms. The number of benzene rings is 2. The average molecular weight is 413 g/mol. The van der Waals surface area contributed by atoms with Crippen LogP contribution < -0.4 is 19.7 Å². The molecule has 0 heterocycles. The molecule has 0 saturated carbocycles. The highest BCUT2D eigenvalue weighted by Gasteiger charge is 2.08. The van der Waals surface area contributed by atoms with Crippen molar-refractivity contribution in [2.24, 2.45) is 4.99 Å². The summed E-state index contributed by atoms with van der Waals surface area (Å²) in [7, 11) is 9.36. The van der Waals surface area contributed by atoms with Gasteiger partial charge >= 0.3 is 0 Å². The van der Waals surface area contributed by atoms with Gasteiger partial charge in [0, 0.05) is 46.5 Å². The molecule has 0 fully saturated rings. The Labute approximate surface area is 181 Å². The van der Waals surface area contributed by atoms with Gasteiger partial charge in [-0.05, 0) is 49.1 Å². The first-order valence-electron chi connectivity index (χ1n) is 10.5. The molecule has 0 radical (unpaired) electrons. The first-order valence-corrected chi connectivity index (χ1v) is 10.5. The zero-order chi connectivity index (χ0) is 21.8. The quantitative estimate of drug-likeness (QED) is 0.347. The first-order chi connectivity index (χ1) is 14.6. The molecule has 1 N–H and O–H groups in total. The van der Waals surface area contributed by atoms with E-state index in [9.17, 15) is 0 Å². The minimum Gasteiger partial charge on any atom is -0.493 e. The second-order valence-corrected chi connectivity index (χ2v) is 7.30. The SMILES string of the molecule is CN=C(NCCCCN(C)c1ccccc1)N(C)CCc1ccc(OC)c(OC)c1. The Kier molecular flexibility index (Phi) is 9.84. The molecule has 0 aliphatic heterocycles. The van der Waals surface area contributed by atoms with Gasteiger partial charge in [0.15, 0.2) is 17.5 Å². The predicted octanol–water partition coefficient (Wildman–Crippen LogP) is 3.67. The van der Waals surface area contributed by atoms with Gasteiger partial charge in [0.1, 0.15) is 0 Å². The van der Waals surface area contributed by atoms with Gasteiger partial charge in [-0.1, -0.05) is 24.3 Å². The summed E-state index contributed by atoms with van der Waals surface area (Å²) in [5.74, 6) is 2.44. The van der Waals surface area contributed by atoms with Crippen LogP contribution in [0.15, 0.2) is 53.5 Å². The molecule has 0 saturated heterocycles. The normalized spacial score (nSPS) is 11.2. The lowest BCUT2D eigenvalue weighted by Crippen LogP contribution is -2.40. The standard InChI is InChI=1S/C24H36N4O2/c1-25-24(26-16-9-10-17-27(2)21-11-7-6-8-12-21)28(3)18-15-20-13-14-22(29-4)23(19-20)30-5/h6-8,11-14,19H,9-10,15-18H2,1-5H3,(H,25,26). The number of hydrogen-bond acceptors (Lipinski definition) is 4. The molecule has 2 rings (SSSR count). The molecule has 0 unspecified atom stereocenters. The number of para-hydroxylation sites is 1. The number of guanidine groups is 1. The molecule has 0 atom stereocenters. The zero-order valence-corrected chi connectivity index (χ0v) is 19.0. The molecule has 2 aromatic rings. The van der Waals surface area contributed by atoms with Crippen molar-refractivity contribution in [3.8, 4) is 11.5 Å². The van der Waals surface area contributed by atoms with Crippen LogP contribution in [0.25, 0.3) is 0 Å². The van der Waals surface area contributed by atoms with Crippen molar-refractivity contribution >= 4 is 11.6 Å². The van der Waals surface area contributed by atoms with Crippen molar-refractivity contribution in [1.82, 2.24) is 10.2 Å². The minimum atomic E-state index is 0.755. The number of anilines is 1. The van der Waals surface area contributed by atoms with Crippen LogP contribution >= 0.6 is 0 Å². The number of nitrogens with zero attached hydrogens (tertiary/aromatic N) is 3. The Bertz CT molecular complexity index is 780. The van der Waals surface area contributed by atoms with Crippen LogP contribution in [0.3, 0.4) is 0 Å². The number of methoxy groups -OCH3 is 2. The zero-order valence-electron chi connectivity index (χ0n) is 19.0. The summed E-state index contributed by atoms with van der Waals surface area (Å²) in [6.07, 6.45) is 3.13. The van der Waals surface area contributed by atoms with Gasteiger partial charge in [-0.3, -0.25) is 4.99 Å². The molecule has 2 aromatic carbocycles. The summed E-state index contributed by atoms with van der Waals surface area (Å²) in [5, 5.41) is 3.47. The van der Waals surface area contributed by atoms with Crippen LogP contribution in [0, 0.1) is 0 Å². The maximum atomic E-state index is 5.40. The molecule has 0 bridgehead atoms. The highest BCUT2D eigenvalue weighted by Crippen LogP contribution is 2.27. The molecule has 6 nitrogen and oxygen atoms in total. The summed E-state index contributed by atoms with van der Waals surface area (Å²) in [4.78, 5) is 8.87. The monoisotopic (exact) mass is 412 g/mol. The summed E-state index contributed by atoms with van der Waals surface area (Å²) < 4.78 is 10.7. The molecule has 0 amide bonds. The Hall–Kier alpha value is -2.89. The van der Waals surface area contributed by atoms with Crippen LogP contribution in [0.2, 0.25) is 0 Å². The van der Waals surface area contributed by atoms with Crippen LogP contribution in [-0.2, 0) is 6.42 Å². The highest BCUT2D eigenvalue weighted by atomic mass is 16.5. The number of rotatable bonds is 11. The van der Waals surface area contributed by atoms with Gasteiger partial charge in [-0.25, -0.2) is 0 Å². The summed E-state index contributed by atoms with van der Waals surface area (Å²) in [6, 6.07) is 16.6. The van der Waals surface area contributed by atoms with Crippen molar-refractivity contribution in [2.45, 2.75) is 19.3 Å². The number of likely N-dealkylation sites (N-methyl/N-ethyl adjacent to an activating group) is 1. The van der Waals surface area contributed by atoms with Gasteiger partial charge in [-0.2, -0.15) is 0 Å². The third-order valence-electron chi connectivity index (χ3n) is 5.16. The maximum absolute atomic E-state index is 5.40. The second-order valence-electron chi connectivity index (χ2n) is 7.30. The molecule has 0 aliphatic rings. The molecule has 0 aromatic heterocycles. The molecule has 30 heavy (non-hydrogen) atoms. The van der Waals surface area contributed by atoms with Crippen molar-refractivity contribution in [3.63, 3.8) is 0 Å².